The van der Waals surface area contributed by atoms with E-state index in [2.05, 4.69) is 15.5 Å². The third-order valence-electron chi connectivity index (χ3n) is 2.71. The maximum atomic E-state index is 10.4. The van der Waals surface area contributed by atoms with Crippen LogP contribution >= 0.6 is 11.3 Å². The van der Waals surface area contributed by atoms with E-state index in [1.54, 1.807) is 23.6 Å². The molecule has 2 aromatic heterocycles. The zero-order valence-electron chi connectivity index (χ0n) is 9.41. The lowest BCUT2D eigenvalue weighted by Gasteiger charge is -1.96. The highest BCUT2D eigenvalue weighted by molar-refractivity contribution is 7.23. The minimum Gasteiger partial charge on any atom is -0.478 e. The van der Waals surface area contributed by atoms with E-state index in [0.29, 0.717) is 6.42 Å². The van der Waals surface area contributed by atoms with Gasteiger partial charge in [0.1, 0.15) is 0 Å². The Bertz CT molecular complexity index is 755. The molecule has 0 spiro atoms. The summed E-state index contributed by atoms with van der Waals surface area (Å²) in [4.78, 5) is 15.6. The average molecular weight is 258 g/mol. The fourth-order valence-corrected chi connectivity index (χ4v) is 2.96. The molecule has 0 aliphatic rings. The summed E-state index contributed by atoms with van der Waals surface area (Å²) in [7, 11) is 0. The van der Waals surface area contributed by atoms with Gasteiger partial charge in [0.15, 0.2) is 4.96 Å². The molecule has 0 aliphatic heterocycles. The first kappa shape index (κ1) is 11.0. The van der Waals surface area contributed by atoms with E-state index in [4.69, 9.17) is 5.11 Å². The normalized spacial score (nSPS) is 11.8. The van der Waals surface area contributed by atoms with Gasteiger partial charge in [0.25, 0.3) is 0 Å². The van der Waals surface area contributed by atoms with Gasteiger partial charge in [-0.15, -0.1) is 0 Å². The summed E-state index contributed by atoms with van der Waals surface area (Å²) >= 11 is 1.63. The topological polar surface area (TPSA) is 54.6 Å². The highest BCUT2D eigenvalue weighted by Crippen LogP contribution is 2.26. The Morgan fingerprint density at radius 1 is 1.50 bits per heavy atom. The van der Waals surface area contributed by atoms with Gasteiger partial charge in [0.2, 0.25) is 0 Å². The number of aromatic nitrogens is 2. The Balaban J connectivity index is 1.97. The van der Waals surface area contributed by atoms with Gasteiger partial charge in [-0.3, -0.25) is 4.40 Å². The molecule has 0 bridgehead atoms. The van der Waals surface area contributed by atoms with Crippen molar-refractivity contribution in [3.05, 3.63) is 48.3 Å². The molecule has 5 heteroatoms. The number of carboxylic acids is 1. The van der Waals surface area contributed by atoms with E-state index in [-0.39, 0.29) is 0 Å². The number of hydrogen-bond acceptors (Lipinski definition) is 3. The van der Waals surface area contributed by atoms with E-state index in [1.165, 1.54) is 10.8 Å². The van der Waals surface area contributed by atoms with E-state index in [9.17, 15) is 4.79 Å². The number of allylic oxidation sites excluding steroid dienone is 1. The highest BCUT2D eigenvalue weighted by atomic mass is 32.1. The van der Waals surface area contributed by atoms with E-state index >= 15 is 0 Å². The lowest BCUT2D eigenvalue weighted by atomic mass is 10.1. The molecule has 2 heterocycles. The molecule has 4 nitrogen and oxygen atoms in total. The van der Waals surface area contributed by atoms with Crippen LogP contribution < -0.4 is 0 Å². The van der Waals surface area contributed by atoms with Crippen LogP contribution in [0.15, 0.2) is 42.7 Å². The number of carbonyl (C=O) groups is 1. The summed E-state index contributed by atoms with van der Waals surface area (Å²) in [6.07, 6.45) is 7.18. The van der Waals surface area contributed by atoms with Gasteiger partial charge in [0, 0.05) is 18.5 Å². The van der Waals surface area contributed by atoms with Crippen molar-refractivity contribution in [1.82, 2.24) is 9.38 Å². The average Bonchev–Trinajstić information content (AvgIpc) is 2.87. The van der Waals surface area contributed by atoms with Crippen LogP contribution in [0.2, 0.25) is 0 Å². The monoisotopic (exact) mass is 258 g/mol. The molecule has 1 aromatic carbocycles. The predicted octanol–water partition coefficient (Wildman–Crippen LogP) is 2.73. The maximum Gasteiger partial charge on any atom is 0.327 e. The first-order valence-electron chi connectivity index (χ1n) is 5.48. The van der Waals surface area contributed by atoms with Crippen molar-refractivity contribution in [2.75, 3.05) is 0 Å². The van der Waals surface area contributed by atoms with Crippen LogP contribution in [-0.4, -0.2) is 20.5 Å². The van der Waals surface area contributed by atoms with Crippen LogP contribution in [0.1, 0.15) is 5.56 Å². The maximum absolute atomic E-state index is 10.4. The van der Waals surface area contributed by atoms with Crippen LogP contribution in [0.4, 0.5) is 0 Å². The molecule has 0 saturated heterocycles. The Morgan fingerprint density at radius 3 is 3.22 bits per heavy atom. The summed E-state index contributed by atoms with van der Waals surface area (Å²) in [5, 5.41) is 8.53. The van der Waals surface area contributed by atoms with Gasteiger partial charge in [0.05, 0.1) is 10.2 Å². The minimum absolute atomic E-state index is 0.627. The zero-order valence-corrected chi connectivity index (χ0v) is 10.2. The number of nitrogens with zero attached hydrogens (tertiary/aromatic N) is 2. The molecule has 0 saturated carbocycles. The lowest BCUT2D eigenvalue weighted by Crippen LogP contribution is -1.87. The molecule has 3 aromatic rings. The first-order chi connectivity index (χ1) is 8.74. The lowest BCUT2D eigenvalue weighted by molar-refractivity contribution is -0.131. The molecule has 0 amide bonds. The zero-order chi connectivity index (χ0) is 12.5. The third-order valence-corrected chi connectivity index (χ3v) is 3.74. The van der Waals surface area contributed by atoms with E-state index in [0.717, 1.165) is 16.0 Å². The van der Waals surface area contributed by atoms with Gasteiger partial charge in [-0.25, -0.2) is 9.78 Å². The highest BCUT2D eigenvalue weighted by Gasteiger charge is 2.05. The SMILES string of the molecule is O=C(O)/C=C/Cc1ccc2c(c1)sc1nccn12. The Kier molecular flexibility index (Phi) is 2.60. The molecule has 0 unspecified atom stereocenters. The van der Waals surface area contributed by atoms with Crippen molar-refractivity contribution in [2.45, 2.75) is 6.42 Å². The molecule has 3 rings (SSSR count). The van der Waals surface area contributed by atoms with Crippen molar-refractivity contribution in [3.63, 3.8) is 0 Å². The molecule has 0 fully saturated rings. The third kappa shape index (κ3) is 1.89. The number of fused-ring (bicyclic) bond motifs is 3. The van der Waals surface area contributed by atoms with Crippen LogP contribution in [0.25, 0.3) is 15.2 Å². The van der Waals surface area contributed by atoms with Gasteiger partial charge in [-0.05, 0) is 24.1 Å². The van der Waals surface area contributed by atoms with Gasteiger partial charge in [-0.1, -0.05) is 23.5 Å². The largest absolute Gasteiger partial charge is 0.478 e. The minimum atomic E-state index is -0.911. The van der Waals surface area contributed by atoms with Crippen LogP contribution in [0.3, 0.4) is 0 Å². The van der Waals surface area contributed by atoms with Crippen LogP contribution in [-0.2, 0) is 11.2 Å². The summed E-state index contributed by atoms with van der Waals surface area (Å²) in [5.41, 5.74) is 2.24. The van der Waals surface area contributed by atoms with Gasteiger partial charge >= 0.3 is 5.97 Å². The summed E-state index contributed by atoms with van der Waals surface area (Å²) in [6.45, 7) is 0. The fraction of sp³-hybridized carbons (Fsp3) is 0.0769. The quantitative estimate of drug-likeness (QED) is 0.735. The predicted molar refractivity (Wildman–Crippen MR) is 71.1 cm³/mol. The number of carboxylic acid groups (broad SMARTS) is 1. The van der Waals surface area contributed by atoms with Crippen molar-refractivity contribution >= 4 is 32.5 Å². The number of benzene rings is 1. The number of imidazole rings is 1. The molecular formula is C13H10N2O2S. The Hall–Kier alpha value is -2.14. The summed E-state index contributed by atoms with van der Waals surface area (Å²) < 4.78 is 3.22. The standard InChI is InChI=1S/C13H10N2O2S/c16-12(17)3-1-2-9-4-5-10-11(8-9)18-13-14-6-7-15(10)13/h1,3-8H,2H2,(H,16,17)/b3-1+. The van der Waals surface area contributed by atoms with Gasteiger partial charge in [-0.2, -0.15) is 0 Å². The van der Waals surface area contributed by atoms with E-state index < -0.39 is 5.97 Å². The smallest absolute Gasteiger partial charge is 0.327 e. The summed E-state index contributed by atoms with van der Waals surface area (Å²) in [5.74, 6) is -0.911. The Morgan fingerprint density at radius 2 is 2.39 bits per heavy atom. The molecule has 0 atom stereocenters. The number of rotatable bonds is 3. The molecule has 0 aliphatic carbocycles. The van der Waals surface area contributed by atoms with E-state index in [1.807, 2.05) is 18.3 Å². The molecule has 18 heavy (non-hydrogen) atoms. The number of aliphatic carboxylic acids is 1. The second-order valence-electron chi connectivity index (χ2n) is 3.93. The second kappa shape index (κ2) is 4.27. The number of hydrogen-bond donors (Lipinski definition) is 1. The van der Waals surface area contributed by atoms with Crippen LogP contribution in [0.5, 0.6) is 0 Å². The van der Waals surface area contributed by atoms with Crippen molar-refractivity contribution in [1.29, 1.82) is 0 Å². The molecular weight excluding hydrogens is 248 g/mol. The second-order valence-corrected chi connectivity index (χ2v) is 4.94. The van der Waals surface area contributed by atoms with Crippen molar-refractivity contribution < 1.29 is 9.90 Å². The van der Waals surface area contributed by atoms with Crippen molar-refractivity contribution in [3.8, 4) is 0 Å². The molecule has 1 N–H and O–H groups in total. The number of thiazole rings is 1. The van der Waals surface area contributed by atoms with Crippen LogP contribution in [0, 0.1) is 0 Å². The summed E-state index contributed by atoms with van der Waals surface area (Å²) in [6, 6.07) is 6.14. The molecule has 0 radical (unpaired) electrons. The fourth-order valence-electron chi connectivity index (χ4n) is 1.91. The molecule has 90 valence electrons. The first-order valence-corrected chi connectivity index (χ1v) is 6.29. The van der Waals surface area contributed by atoms with Crippen molar-refractivity contribution in [2.24, 2.45) is 0 Å². The Labute approximate surface area is 107 Å². The van der Waals surface area contributed by atoms with Gasteiger partial charge < -0.3 is 5.11 Å².